The second-order valence-corrected chi connectivity index (χ2v) is 13.7. The number of hydrogen-bond acceptors (Lipinski definition) is 8. The Morgan fingerprint density at radius 3 is 2.51 bits per heavy atom. The maximum absolute atomic E-state index is 14.3. The van der Waals surface area contributed by atoms with E-state index in [0.717, 1.165) is 24.8 Å². The number of rotatable bonds is 6. The van der Waals surface area contributed by atoms with E-state index in [2.05, 4.69) is 10.7 Å². The van der Waals surface area contributed by atoms with E-state index in [1.165, 1.54) is 9.91 Å². The zero-order valence-electron chi connectivity index (χ0n) is 29.6. The number of allylic oxidation sites excluding steroid dienone is 2. The van der Waals surface area contributed by atoms with Crippen molar-refractivity contribution in [3.05, 3.63) is 66.7 Å². The Labute approximate surface area is 297 Å². The number of urea groups is 1. The van der Waals surface area contributed by atoms with E-state index in [-0.39, 0.29) is 25.9 Å². The summed E-state index contributed by atoms with van der Waals surface area (Å²) >= 11 is 0. The van der Waals surface area contributed by atoms with Crippen LogP contribution < -0.4 is 25.1 Å². The van der Waals surface area contributed by atoms with Crippen LogP contribution in [0, 0.1) is 0 Å². The van der Waals surface area contributed by atoms with Crippen molar-refractivity contribution in [3.63, 3.8) is 0 Å². The number of carbonyl (C=O) groups is 4. The molecule has 3 heterocycles. The summed E-state index contributed by atoms with van der Waals surface area (Å²) in [5.41, 5.74) is 3.94. The number of nitrogens with zero attached hydrogens (tertiary/aromatic N) is 3. The molecule has 1 aromatic heterocycles. The van der Waals surface area contributed by atoms with Gasteiger partial charge in [0.05, 0.1) is 24.7 Å². The third-order valence-corrected chi connectivity index (χ3v) is 8.67. The number of aromatic nitrogens is 1. The van der Waals surface area contributed by atoms with Crippen LogP contribution in [0.4, 0.5) is 9.59 Å². The summed E-state index contributed by atoms with van der Waals surface area (Å²) in [6.45, 7) is 5.33. The van der Waals surface area contributed by atoms with Crippen LogP contribution in [0.5, 0.6) is 11.5 Å². The maximum Gasteiger partial charge on any atom is 0.486 e. The van der Waals surface area contributed by atoms with Gasteiger partial charge < -0.3 is 24.6 Å². The summed E-state index contributed by atoms with van der Waals surface area (Å²) in [6, 6.07) is 14.1. The largest absolute Gasteiger partial charge is 0.497 e. The van der Waals surface area contributed by atoms with E-state index in [1.807, 2.05) is 60.7 Å². The quantitative estimate of drug-likeness (QED) is 0.210. The second kappa shape index (κ2) is 16.7. The standard InChI is InChI=1S/C38H47N5O8/c1-38(2,3)51-36(47)41-43-20-14-9-7-5-6-8-13-17-29(35(45)46)40-34(44)32-22-27(24-42(32)37(43)48)50-33-23-30(25-15-11-10-12-16-25)39-31-21-26(49-4)18-19-28(31)33/h6,8,10-12,15-16,18-19,21,23,27,29,32H,5,7,9,13-14,17,20,22,24H2,1-4H3,(H,40,44)(H,41,47)(H,45,46)/q+1. The zero-order chi connectivity index (χ0) is 36.5. The second-order valence-electron chi connectivity index (χ2n) is 13.7. The third-order valence-electron chi connectivity index (χ3n) is 8.67. The van der Waals surface area contributed by atoms with Gasteiger partial charge >= 0.3 is 18.1 Å². The lowest BCUT2D eigenvalue weighted by Crippen LogP contribution is -2.60. The van der Waals surface area contributed by atoms with E-state index in [0.29, 0.717) is 40.9 Å². The third kappa shape index (κ3) is 9.97. The minimum Gasteiger partial charge on any atom is -0.497 e. The number of nitrogens with one attached hydrogen (secondary N) is 2. The molecular weight excluding hydrogens is 654 g/mol. The first kappa shape index (κ1) is 37.1. The number of ether oxygens (including phenoxy) is 3. The molecule has 0 spiro atoms. The van der Waals surface area contributed by atoms with Crippen LogP contribution in [0.3, 0.4) is 0 Å². The highest BCUT2D eigenvalue weighted by Crippen LogP contribution is 2.34. The summed E-state index contributed by atoms with van der Waals surface area (Å²) in [5, 5.41) is 14.5. The first-order valence-corrected chi connectivity index (χ1v) is 17.4. The Balaban J connectivity index is 1.49. The minimum absolute atomic E-state index is 0.00939. The van der Waals surface area contributed by atoms with Crippen molar-refractivity contribution in [2.24, 2.45) is 0 Å². The topological polar surface area (TPSA) is 162 Å². The first-order valence-electron chi connectivity index (χ1n) is 17.4. The van der Waals surface area contributed by atoms with Crippen LogP contribution >= 0.6 is 0 Å². The molecular formula is C38H47N5O8+. The Bertz CT molecular complexity index is 1740. The van der Waals surface area contributed by atoms with Crippen LogP contribution in [0.1, 0.15) is 65.7 Å². The normalized spacial score (nSPS) is 21.1. The first-order chi connectivity index (χ1) is 24.4. The Morgan fingerprint density at radius 1 is 1.02 bits per heavy atom. The van der Waals surface area contributed by atoms with Crippen LogP contribution in [-0.4, -0.2) is 83.1 Å². The van der Waals surface area contributed by atoms with Crippen LogP contribution in [-0.2, 0) is 14.3 Å². The summed E-state index contributed by atoms with van der Waals surface area (Å²) in [7, 11) is 1.58. The predicted molar refractivity (Wildman–Crippen MR) is 191 cm³/mol. The van der Waals surface area contributed by atoms with Gasteiger partial charge in [0.2, 0.25) is 6.04 Å². The van der Waals surface area contributed by atoms with E-state index < -0.39 is 47.8 Å². The molecule has 271 valence electrons. The smallest absolute Gasteiger partial charge is 0.486 e. The summed E-state index contributed by atoms with van der Waals surface area (Å²) in [4.78, 5) is 59.5. The number of pyridine rings is 1. The molecule has 3 atom stereocenters. The molecule has 3 N–H and O–H groups in total. The van der Waals surface area contributed by atoms with Gasteiger partial charge in [0, 0.05) is 29.6 Å². The molecule has 3 unspecified atom stereocenters. The number of benzene rings is 2. The molecule has 5 rings (SSSR count). The zero-order valence-corrected chi connectivity index (χ0v) is 29.6. The fourth-order valence-corrected chi connectivity index (χ4v) is 6.18. The van der Waals surface area contributed by atoms with Crippen LogP contribution in [0.15, 0.2) is 66.7 Å². The fraction of sp³-hybridized carbons (Fsp3) is 0.447. The van der Waals surface area contributed by atoms with Crippen LogP contribution in [0.25, 0.3) is 22.2 Å². The van der Waals surface area contributed by atoms with Crippen LogP contribution in [0.2, 0.25) is 0 Å². The van der Waals surface area contributed by atoms with Gasteiger partial charge in [-0.3, -0.25) is 4.79 Å². The van der Waals surface area contributed by atoms with Gasteiger partial charge in [-0.15, -0.1) is 0 Å². The monoisotopic (exact) mass is 701 g/mol. The molecule has 0 bridgehead atoms. The SMILES string of the molecule is COc1ccc2c(OC3CC4C(=O)NC(C(=O)O)CCC=CCCCCCN(NC(=O)OC(C)(C)C)C(=O)[N+]4C3)cc(-c3ccccc3)nc2c1. The highest BCUT2D eigenvalue weighted by Gasteiger charge is 2.53. The van der Waals surface area contributed by atoms with Crippen molar-refractivity contribution >= 4 is 34.9 Å². The molecule has 13 nitrogen and oxygen atoms in total. The molecule has 0 aliphatic carbocycles. The Hall–Kier alpha value is -5.17. The van der Waals surface area contributed by atoms with Crippen molar-refractivity contribution < 1.29 is 38.5 Å². The minimum atomic E-state index is -1.16. The molecule has 51 heavy (non-hydrogen) atoms. The average Bonchev–Trinajstić information content (AvgIpc) is 3.52. The van der Waals surface area contributed by atoms with E-state index in [9.17, 15) is 24.3 Å². The van der Waals surface area contributed by atoms with Gasteiger partial charge in [-0.05, 0) is 65.0 Å². The van der Waals surface area contributed by atoms with Crippen molar-refractivity contribution in [1.82, 2.24) is 25.6 Å². The van der Waals surface area contributed by atoms with Crippen molar-refractivity contribution in [3.8, 4) is 22.8 Å². The highest BCUT2D eigenvalue weighted by atomic mass is 16.6. The van der Waals surface area contributed by atoms with Gasteiger partial charge in [0.25, 0.3) is 5.91 Å². The number of aliphatic carboxylic acids is 1. The number of hydrogen-bond donors (Lipinski definition) is 3. The summed E-state index contributed by atoms with van der Waals surface area (Å²) < 4.78 is 17.5. The summed E-state index contributed by atoms with van der Waals surface area (Å²) in [5.74, 6) is -0.666. The molecule has 13 heteroatoms. The maximum atomic E-state index is 14.3. The molecule has 3 aromatic rings. The molecule has 0 saturated carbocycles. The van der Waals surface area contributed by atoms with Gasteiger partial charge in [-0.1, -0.05) is 53.8 Å². The number of hydrazine groups is 1. The Kier molecular flexibility index (Phi) is 12.1. The molecule has 4 amide bonds. The number of amides is 4. The number of methoxy groups -OCH3 is 1. The molecule has 1 saturated heterocycles. The number of fused-ring (bicyclic) bond motifs is 2. The number of carboxylic acids is 1. The van der Waals surface area contributed by atoms with Crippen molar-refractivity contribution in [1.29, 1.82) is 0 Å². The van der Waals surface area contributed by atoms with E-state index >= 15 is 0 Å². The molecule has 2 aliphatic rings. The Morgan fingerprint density at radius 2 is 1.78 bits per heavy atom. The van der Waals surface area contributed by atoms with Gasteiger partial charge in [0.1, 0.15) is 23.1 Å². The average molecular weight is 702 g/mol. The summed E-state index contributed by atoms with van der Waals surface area (Å²) in [6.07, 6.45) is 6.21. The predicted octanol–water partition coefficient (Wildman–Crippen LogP) is 5.91. The lowest BCUT2D eigenvalue weighted by molar-refractivity contribution is -0.142. The number of carboxylic acid groups (broad SMARTS) is 1. The molecule has 2 aromatic carbocycles. The van der Waals surface area contributed by atoms with E-state index in [4.69, 9.17) is 19.2 Å². The molecule has 1 fully saturated rings. The van der Waals surface area contributed by atoms with Gasteiger partial charge in [0.15, 0.2) is 12.6 Å². The fourth-order valence-electron chi connectivity index (χ4n) is 6.18. The number of carbonyl (C=O) groups excluding carboxylic acids is 3. The van der Waals surface area contributed by atoms with E-state index in [1.54, 1.807) is 33.9 Å². The molecule has 1 radical (unpaired) electrons. The van der Waals surface area contributed by atoms with Gasteiger partial charge in [-0.2, -0.15) is 9.80 Å². The lowest BCUT2D eigenvalue weighted by atomic mass is 10.1. The van der Waals surface area contributed by atoms with Gasteiger partial charge in [-0.25, -0.2) is 20.0 Å². The lowest BCUT2D eigenvalue weighted by Gasteiger charge is -2.26. The van der Waals surface area contributed by atoms with Crippen molar-refractivity contribution in [2.75, 3.05) is 20.2 Å². The highest BCUT2D eigenvalue weighted by molar-refractivity contribution is 5.93. The molecule has 2 aliphatic heterocycles. The van der Waals surface area contributed by atoms with Crippen molar-refractivity contribution in [2.45, 2.75) is 89.5 Å².